The molecule has 6 nitrogen and oxygen atoms in total. The molecule has 0 spiro atoms. The number of anilines is 1. The van der Waals surface area contributed by atoms with E-state index in [0.29, 0.717) is 16.8 Å². The molecule has 0 saturated carbocycles. The van der Waals surface area contributed by atoms with Gasteiger partial charge in [-0.15, -0.1) is 0 Å². The van der Waals surface area contributed by atoms with Gasteiger partial charge < -0.3 is 15.4 Å². The Labute approximate surface area is 181 Å². The Hall–Kier alpha value is -3.93. The molecule has 0 aliphatic carbocycles. The van der Waals surface area contributed by atoms with Crippen molar-refractivity contribution in [1.29, 1.82) is 0 Å². The highest BCUT2D eigenvalue weighted by Crippen LogP contribution is 2.20. The van der Waals surface area contributed by atoms with Gasteiger partial charge in [0, 0.05) is 16.8 Å². The van der Waals surface area contributed by atoms with Crippen LogP contribution in [-0.4, -0.2) is 24.3 Å². The van der Waals surface area contributed by atoms with Crippen molar-refractivity contribution in [2.45, 2.75) is 20.0 Å². The minimum absolute atomic E-state index is 0.353. The van der Waals surface area contributed by atoms with Gasteiger partial charge in [0.15, 0.2) is 0 Å². The SMILES string of the molecule is Cc1ccc(NC(=O)C(OC(=O)CNC(=O)c2cccc(C)c2)c2ccccc2)cc1. The molecular formula is C25H24N2O4. The van der Waals surface area contributed by atoms with Gasteiger partial charge in [0.25, 0.3) is 11.8 Å². The summed E-state index contributed by atoms with van der Waals surface area (Å²) in [6.07, 6.45) is -1.15. The molecule has 0 heterocycles. The third-order valence-electron chi connectivity index (χ3n) is 4.58. The minimum atomic E-state index is -1.15. The third kappa shape index (κ3) is 6.27. The molecule has 0 fully saturated rings. The average Bonchev–Trinajstić information content (AvgIpc) is 2.78. The molecule has 3 aromatic rings. The molecule has 2 amide bonds. The summed E-state index contributed by atoms with van der Waals surface area (Å²) in [4.78, 5) is 37.5. The van der Waals surface area contributed by atoms with Crippen LogP contribution in [0.1, 0.15) is 33.2 Å². The Morgan fingerprint density at radius 3 is 2.23 bits per heavy atom. The summed E-state index contributed by atoms with van der Waals surface area (Å²) in [5.74, 6) is -1.58. The largest absolute Gasteiger partial charge is 0.446 e. The number of aryl methyl sites for hydroxylation is 2. The van der Waals surface area contributed by atoms with Gasteiger partial charge in [0.1, 0.15) is 6.54 Å². The maximum Gasteiger partial charge on any atom is 0.326 e. The van der Waals surface area contributed by atoms with Gasteiger partial charge in [-0.05, 0) is 38.1 Å². The number of hydrogen-bond donors (Lipinski definition) is 2. The van der Waals surface area contributed by atoms with Crippen LogP contribution in [0.15, 0.2) is 78.9 Å². The molecule has 158 valence electrons. The highest BCUT2D eigenvalue weighted by Gasteiger charge is 2.25. The zero-order valence-corrected chi connectivity index (χ0v) is 17.4. The molecule has 0 aliphatic rings. The Kier molecular flexibility index (Phi) is 7.17. The summed E-state index contributed by atoms with van der Waals surface area (Å²) in [7, 11) is 0. The molecular weight excluding hydrogens is 392 g/mol. The van der Waals surface area contributed by atoms with Crippen molar-refractivity contribution >= 4 is 23.5 Å². The molecule has 6 heteroatoms. The average molecular weight is 416 g/mol. The quantitative estimate of drug-likeness (QED) is 0.571. The summed E-state index contributed by atoms with van der Waals surface area (Å²) < 4.78 is 5.44. The van der Waals surface area contributed by atoms with Crippen molar-refractivity contribution in [3.05, 3.63) is 101 Å². The molecule has 31 heavy (non-hydrogen) atoms. The van der Waals surface area contributed by atoms with E-state index >= 15 is 0 Å². The van der Waals surface area contributed by atoms with Gasteiger partial charge in [0.2, 0.25) is 6.10 Å². The number of ether oxygens (including phenoxy) is 1. The van der Waals surface area contributed by atoms with E-state index in [2.05, 4.69) is 10.6 Å². The third-order valence-corrected chi connectivity index (χ3v) is 4.58. The van der Waals surface area contributed by atoms with Crippen LogP contribution in [0, 0.1) is 13.8 Å². The van der Waals surface area contributed by atoms with Gasteiger partial charge in [-0.25, -0.2) is 0 Å². The number of nitrogens with one attached hydrogen (secondary N) is 2. The number of carbonyl (C=O) groups excluding carboxylic acids is 3. The van der Waals surface area contributed by atoms with Crippen LogP contribution >= 0.6 is 0 Å². The Bertz CT molecular complexity index is 1060. The van der Waals surface area contributed by atoms with E-state index in [9.17, 15) is 14.4 Å². The predicted molar refractivity (Wildman–Crippen MR) is 119 cm³/mol. The standard InChI is InChI=1S/C25H24N2O4/c1-17-11-13-21(14-12-17)27-25(30)23(19-8-4-3-5-9-19)31-22(28)16-26-24(29)20-10-6-7-18(2)15-20/h3-15,23H,16H2,1-2H3,(H,26,29)(H,27,30). The first-order chi connectivity index (χ1) is 14.9. The zero-order valence-electron chi connectivity index (χ0n) is 17.4. The van der Waals surface area contributed by atoms with Gasteiger partial charge >= 0.3 is 5.97 Å². The van der Waals surface area contributed by atoms with Crippen LogP contribution in [0.25, 0.3) is 0 Å². The molecule has 2 N–H and O–H groups in total. The number of rotatable bonds is 7. The molecule has 0 aliphatic heterocycles. The lowest BCUT2D eigenvalue weighted by Gasteiger charge is -2.18. The lowest BCUT2D eigenvalue weighted by molar-refractivity contribution is -0.153. The minimum Gasteiger partial charge on any atom is -0.446 e. The van der Waals surface area contributed by atoms with E-state index in [4.69, 9.17) is 4.74 Å². The van der Waals surface area contributed by atoms with Crippen molar-refractivity contribution in [1.82, 2.24) is 5.32 Å². The second-order valence-electron chi connectivity index (χ2n) is 7.19. The second kappa shape index (κ2) is 10.2. The van der Waals surface area contributed by atoms with E-state index in [1.807, 2.05) is 38.1 Å². The monoisotopic (exact) mass is 416 g/mol. The topological polar surface area (TPSA) is 84.5 Å². The van der Waals surface area contributed by atoms with E-state index in [-0.39, 0.29) is 12.5 Å². The van der Waals surface area contributed by atoms with Crippen LogP contribution in [0.4, 0.5) is 5.69 Å². The van der Waals surface area contributed by atoms with Crippen LogP contribution in [0.2, 0.25) is 0 Å². The predicted octanol–water partition coefficient (Wildman–Crippen LogP) is 3.96. The maximum absolute atomic E-state index is 12.9. The number of hydrogen-bond acceptors (Lipinski definition) is 4. The van der Waals surface area contributed by atoms with Crippen molar-refractivity contribution < 1.29 is 19.1 Å². The van der Waals surface area contributed by atoms with E-state index in [1.54, 1.807) is 54.6 Å². The second-order valence-corrected chi connectivity index (χ2v) is 7.19. The highest BCUT2D eigenvalue weighted by atomic mass is 16.5. The summed E-state index contributed by atoms with van der Waals surface area (Å²) in [6.45, 7) is 3.47. The smallest absolute Gasteiger partial charge is 0.326 e. The van der Waals surface area contributed by atoms with E-state index in [1.165, 1.54) is 0 Å². The van der Waals surface area contributed by atoms with Gasteiger partial charge in [-0.1, -0.05) is 65.7 Å². The molecule has 0 radical (unpaired) electrons. The Morgan fingerprint density at radius 1 is 0.839 bits per heavy atom. The molecule has 1 unspecified atom stereocenters. The molecule has 0 aromatic heterocycles. The Balaban J connectivity index is 1.66. The highest BCUT2D eigenvalue weighted by molar-refractivity contribution is 5.98. The van der Waals surface area contributed by atoms with E-state index < -0.39 is 18.0 Å². The van der Waals surface area contributed by atoms with Crippen LogP contribution in [-0.2, 0) is 14.3 Å². The molecule has 0 bridgehead atoms. The molecule has 3 rings (SSSR count). The van der Waals surface area contributed by atoms with Crippen molar-refractivity contribution in [3.8, 4) is 0 Å². The summed E-state index contributed by atoms with van der Waals surface area (Å²) >= 11 is 0. The summed E-state index contributed by atoms with van der Waals surface area (Å²) in [5, 5.41) is 5.30. The maximum atomic E-state index is 12.9. The normalized spacial score (nSPS) is 11.3. The van der Waals surface area contributed by atoms with Crippen molar-refractivity contribution in [2.24, 2.45) is 0 Å². The summed E-state index contributed by atoms with van der Waals surface area (Å²) in [6, 6.07) is 23.1. The first-order valence-corrected chi connectivity index (χ1v) is 9.89. The number of esters is 1. The van der Waals surface area contributed by atoms with Crippen molar-refractivity contribution in [2.75, 3.05) is 11.9 Å². The first kappa shape index (κ1) is 21.8. The lowest BCUT2D eigenvalue weighted by Crippen LogP contribution is -2.33. The van der Waals surface area contributed by atoms with Gasteiger partial charge in [-0.3, -0.25) is 14.4 Å². The zero-order chi connectivity index (χ0) is 22.2. The number of carbonyl (C=O) groups is 3. The molecule has 1 atom stereocenters. The fourth-order valence-electron chi connectivity index (χ4n) is 2.96. The van der Waals surface area contributed by atoms with Gasteiger partial charge in [0.05, 0.1) is 0 Å². The number of amides is 2. The molecule has 0 saturated heterocycles. The number of benzene rings is 3. The van der Waals surface area contributed by atoms with Crippen LogP contribution in [0.5, 0.6) is 0 Å². The lowest BCUT2D eigenvalue weighted by atomic mass is 10.1. The van der Waals surface area contributed by atoms with E-state index in [0.717, 1.165) is 11.1 Å². The van der Waals surface area contributed by atoms with Crippen LogP contribution < -0.4 is 10.6 Å². The van der Waals surface area contributed by atoms with Gasteiger partial charge in [-0.2, -0.15) is 0 Å². The Morgan fingerprint density at radius 2 is 1.55 bits per heavy atom. The summed E-state index contributed by atoms with van der Waals surface area (Å²) in [5.41, 5.74) is 3.58. The molecule has 3 aromatic carbocycles. The first-order valence-electron chi connectivity index (χ1n) is 9.89. The fraction of sp³-hybridized carbons (Fsp3) is 0.160. The van der Waals surface area contributed by atoms with Crippen molar-refractivity contribution in [3.63, 3.8) is 0 Å². The fourth-order valence-corrected chi connectivity index (χ4v) is 2.96. The van der Waals surface area contributed by atoms with Crippen LogP contribution in [0.3, 0.4) is 0 Å².